The molecule has 2 aromatic heterocycles. The van der Waals surface area contributed by atoms with Crippen LogP contribution in [0, 0.1) is 6.92 Å². The third-order valence-electron chi connectivity index (χ3n) is 1.94. The molecule has 0 aliphatic heterocycles. The van der Waals surface area contributed by atoms with Crippen molar-refractivity contribution < 1.29 is 0 Å². The maximum atomic E-state index is 2.20. The summed E-state index contributed by atoms with van der Waals surface area (Å²) in [6.45, 7) is 4.20. The van der Waals surface area contributed by atoms with Crippen LogP contribution in [0.5, 0.6) is 0 Å². The summed E-state index contributed by atoms with van der Waals surface area (Å²) in [6, 6.07) is 8.75. The summed E-state index contributed by atoms with van der Waals surface area (Å²) in [5.74, 6) is 0. The Morgan fingerprint density at radius 3 is 2.36 bits per heavy atom. The molecule has 0 radical (unpaired) electrons. The summed E-state index contributed by atoms with van der Waals surface area (Å²) >= 11 is 3.71. The summed E-state index contributed by atoms with van der Waals surface area (Å²) in [5, 5.41) is 0. The molecule has 2 rings (SSSR count). The minimum absolute atomic E-state index is 1.33. The topological polar surface area (TPSA) is 0 Å². The zero-order chi connectivity index (χ0) is 9.97. The van der Waals surface area contributed by atoms with Crippen molar-refractivity contribution in [1.29, 1.82) is 0 Å². The Kier molecular flexibility index (Phi) is 2.85. The van der Waals surface area contributed by atoms with Crippen molar-refractivity contribution in [2.45, 2.75) is 13.8 Å². The van der Waals surface area contributed by atoms with Crippen molar-refractivity contribution in [3.05, 3.63) is 40.1 Å². The van der Waals surface area contributed by atoms with Crippen molar-refractivity contribution in [2.75, 3.05) is 0 Å². The Morgan fingerprint density at radius 2 is 1.71 bits per heavy atom. The van der Waals surface area contributed by atoms with Gasteiger partial charge in [-0.3, -0.25) is 0 Å². The van der Waals surface area contributed by atoms with Gasteiger partial charge < -0.3 is 0 Å². The van der Waals surface area contributed by atoms with Gasteiger partial charge in [0.05, 0.1) is 0 Å². The van der Waals surface area contributed by atoms with E-state index in [0.717, 1.165) is 0 Å². The van der Waals surface area contributed by atoms with Crippen molar-refractivity contribution in [3.8, 4) is 9.75 Å². The lowest BCUT2D eigenvalue weighted by Crippen LogP contribution is -1.56. The maximum absolute atomic E-state index is 2.20. The standard InChI is InChI=1S/C12H12S2/c1-3-4-10-6-8-12(14-10)11-7-5-9(2)13-11/h3-8H,1-2H3. The Morgan fingerprint density at radius 1 is 1.00 bits per heavy atom. The molecular formula is C12H12S2. The van der Waals surface area contributed by atoms with Gasteiger partial charge >= 0.3 is 0 Å². The molecule has 0 saturated heterocycles. The number of thiophene rings is 2. The van der Waals surface area contributed by atoms with Gasteiger partial charge in [0.15, 0.2) is 0 Å². The molecule has 2 aromatic rings. The third kappa shape index (κ3) is 1.97. The Labute approximate surface area is 92.5 Å². The average Bonchev–Trinajstić information content (AvgIpc) is 2.74. The van der Waals surface area contributed by atoms with Crippen molar-refractivity contribution >= 4 is 28.7 Å². The zero-order valence-corrected chi connectivity index (χ0v) is 9.91. The molecular weight excluding hydrogens is 208 g/mol. The van der Waals surface area contributed by atoms with Gasteiger partial charge in [0.25, 0.3) is 0 Å². The van der Waals surface area contributed by atoms with E-state index in [9.17, 15) is 0 Å². The summed E-state index contributed by atoms with van der Waals surface area (Å²) in [7, 11) is 0. The van der Waals surface area contributed by atoms with E-state index in [1.54, 1.807) is 0 Å². The van der Waals surface area contributed by atoms with Crippen LogP contribution in [-0.2, 0) is 0 Å². The van der Waals surface area contributed by atoms with Crippen LogP contribution in [0.1, 0.15) is 16.7 Å². The first-order valence-corrected chi connectivity index (χ1v) is 6.22. The second-order valence-electron chi connectivity index (χ2n) is 3.11. The largest absolute Gasteiger partial charge is 0.140 e. The van der Waals surface area contributed by atoms with E-state index in [1.807, 2.05) is 22.7 Å². The number of hydrogen-bond acceptors (Lipinski definition) is 2. The Hall–Kier alpha value is -0.860. The maximum Gasteiger partial charge on any atom is 0.0449 e. The molecule has 2 heterocycles. The minimum atomic E-state index is 1.33. The first-order valence-electron chi connectivity index (χ1n) is 4.59. The lowest BCUT2D eigenvalue weighted by atomic mass is 10.3. The van der Waals surface area contributed by atoms with Gasteiger partial charge in [-0.05, 0) is 44.2 Å². The smallest absolute Gasteiger partial charge is 0.0449 e. The second kappa shape index (κ2) is 4.11. The van der Waals surface area contributed by atoms with Crippen molar-refractivity contribution in [1.82, 2.24) is 0 Å². The number of allylic oxidation sites excluding steroid dienone is 1. The molecule has 0 fully saturated rings. The minimum Gasteiger partial charge on any atom is -0.140 e. The highest BCUT2D eigenvalue weighted by atomic mass is 32.1. The van der Waals surface area contributed by atoms with E-state index in [-0.39, 0.29) is 0 Å². The highest BCUT2D eigenvalue weighted by Gasteiger charge is 2.02. The number of hydrogen-bond donors (Lipinski definition) is 0. The highest BCUT2D eigenvalue weighted by Crippen LogP contribution is 2.33. The van der Waals surface area contributed by atoms with Crippen molar-refractivity contribution in [2.24, 2.45) is 0 Å². The van der Waals surface area contributed by atoms with Gasteiger partial charge in [-0.2, -0.15) is 0 Å². The van der Waals surface area contributed by atoms with Gasteiger partial charge in [0, 0.05) is 19.5 Å². The monoisotopic (exact) mass is 220 g/mol. The van der Waals surface area contributed by atoms with Crippen LogP contribution in [0.3, 0.4) is 0 Å². The van der Waals surface area contributed by atoms with Crippen molar-refractivity contribution in [3.63, 3.8) is 0 Å². The van der Waals surface area contributed by atoms with E-state index in [2.05, 4.69) is 50.3 Å². The average molecular weight is 220 g/mol. The van der Waals surface area contributed by atoms with Crippen LogP contribution >= 0.6 is 22.7 Å². The molecule has 0 aliphatic carbocycles. The first kappa shape index (κ1) is 9.69. The zero-order valence-electron chi connectivity index (χ0n) is 8.28. The molecule has 0 N–H and O–H groups in total. The van der Waals surface area contributed by atoms with E-state index >= 15 is 0 Å². The van der Waals surface area contributed by atoms with E-state index in [0.29, 0.717) is 0 Å². The summed E-state index contributed by atoms with van der Waals surface area (Å²) in [4.78, 5) is 5.45. The third-order valence-corrected chi connectivity index (χ3v) is 4.19. The highest BCUT2D eigenvalue weighted by molar-refractivity contribution is 7.22. The molecule has 14 heavy (non-hydrogen) atoms. The van der Waals surface area contributed by atoms with Crippen LogP contribution in [0.4, 0.5) is 0 Å². The number of rotatable bonds is 2. The molecule has 0 amide bonds. The van der Waals surface area contributed by atoms with Crippen LogP contribution in [0.15, 0.2) is 30.3 Å². The van der Waals surface area contributed by atoms with Crippen LogP contribution in [0.2, 0.25) is 0 Å². The number of aryl methyl sites for hydroxylation is 1. The molecule has 0 unspecified atom stereocenters. The fourth-order valence-corrected chi connectivity index (χ4v) is 3.24. The normalized spacial score (nSPS) is 11.3. The predicted molar refractivity (Wildman–Crippen MR) is 67.1 cm³/mol. The summed E-state index contributed by atoms with van der Waals surface area (Å²) in [6.07, 6.45) is 4.23. The Balaban J connectivity index is 2.33. The predicted octanol–water partition coefficient (Wildman–Crippen LogP) is 4.82. The summed E-state index contributed by atoms with van der Waals surface area (Å²) < 4.78 is 0. The molecule has 72 valence electrons. The SMILES string of the molecule is CC=Cc1ccc(-c2ccc(C)s2)s1. The van der Waals surface area contributed by atoms with E-state index < -0.39 is 0 Å². The molecule has 2 heteroatoms. The lowest BCUT2D eigenvalue weighted by Gasteiger charge is -1.87. The molecule has 0 aromatic carbocycles. The molecule has 0 atom stereocenters. The fourth-order valence-electron chi connectivity index (χ4n) is 1.31. The van der Waals surface area contributed by atoms with Crippen LogP contribution in [-0.4, -0.2) is 0 Å². The first-order chi connectivity index (χ1) is 6.79. The van der Waals surface area contributed by atoms with Gasteiger partial charge in [-0.1, -0.05) is 6.08 Å². The molecule has 0 aliphatic rings. The van der Waals surface area contributed by atoms with Gasteiger partial charge in [-0.25, -0.2) is 0 Å². The second-order valence-corrected chi connectivity index (χ2v) is 5.52. The van der Waals surface area contributed by atoms with E-state index in [1.165, 1.54) is 19.5 Å². The Bertz CT molecular complexity index is 446. The van der Waals surface area contributed by atoms with Gasteiger partial charge in [-0.15, -0.1) is 22.7 Å². The summed E-state index contributed by atoms with van der Waals surface area (Å²) in [5.41, 5.74) is 0. The molecule has 0 spiro atoms. The fraction of sp³-hybridized carbons (Fsp3) is 0.167. The van der Waals surface area contributed by atoms with Gasteiger partial charge in [0.1, 0.15) is 0 Å². The quantitative estimate of drug-likeness (QED) is 0.680. The lowest BCUT2D eigenvalue weighted by molar-refractivity contribution is 1.64. The molecule has 0 saturated carbocycles. The van der Waals surface area contributed by atoms with Crippen LogP contribution < -0.4 is 0 Å². The van der Waals surface area contributed by atoms with Crippen LogP contribution in [0.25, 0.3) is 15.8 Å². The van der Waals surface area contributed by atoms with E-state index in [4.69, 9.17) is 0 Å². The molecule has 0 bridgehead atoms. The van der Waals surface area contributed by atoms with Gasteiger partial charge in [0.2, 0.25) is 0 Å². The molecule has 0 nitrogen and oxygen atoms in total.